The second kappa shape index (κ2) is 9.09. The number of nitrogens with zero attached hydrogens (tertiary/aromatic N) is 3. The molecule has 0 fully saturated rings. The van der Waals surface area contributed by atoms with E-state index in [0.29, 0.717) is 11.1 Å². The van der Waals surface area contributed by atoms with Crippen molar-refractivity contribution in [2.24, 2.45) is 5.92 Å². The van der Waals surface area contributed by atoms with Crippen molar-refractivity contribution in [1.82, 2.24) is 14.7 Å². The van der Waals surface area contributed by atoms with Crippen LogP contribution in [0.15, 0.2) is 30.3 Å². The van der Waals surface area contributed by atoms with E-state index in [9.17, 15) is 4.79 Å². The van der Waals surface area contributed by atoms with Crippen LogP contribution >= 0.6 is 11.6 Å². The Kier molecular flexibility index (Phi) is 7.08. The first-order valence-electron chi connectivity index (χ1n) is 9.06. The van der Waals surface area contributed by atoms with Crippen molar-refractivity contribution < 1.29 is 9.53 Å². The molecule has 0 aliphatic heterocycles. The third-order valence-electron chi connectivity index (χ3n) is 4.57. The van der Waals surface area contributed by atoms with Gasteiger partial charge in [0.25, 0.3) is 0 Å². The lowest BCUT2D eigenvalue weighted by atomic mass is 10.1. The molecular formula is C21H28ClN3O2. The smallest absolute Gasteiger partial charge is 0.246 e. The van der Waals surface area contributed by atoms with Crippen LogP contribution in [-0.4, -0.2) is 34.7 Å². The van der Waals surface area contributed by atoms with Crippen LogP contribution in [-0.2, 0) is 11.3 Å². The molecule has 0 saturated heterocycles. The van der Waals surface area contributed by atoms with E-state index in [1.807, 2.05) is 38.1 Å². The normalized spacial score (nSPS) is 12.6. The summed E-state index contributed by atoms with van der Waals surface area (Å²) in [5, 5.41) is 5.03. The first kappa shape index (κ1) is 21.0. The minimum atomic E-state index is -0.0922. The van der Waals surface area contributed by atoms with Crippen molar-refractivity contribution >= 4 is 23.6 Å². The van der Waals surface area contributed by atoms with Gasteiger partial charge in [-0.15, -0.1) is 0 Å². The highest BCUT2D eigenvalue weighted by Crippen LogP contribution is 2.24. The van der Waals surface area contributed by atoms with Crippen LogP contribution in [0.1, 0.15) is 43.6 Å². The quantitative estimate of drug-likeness (QED) is 0.642. The van der Waals surface area contributed by atoms with Crippen LogP contribution in [0.3, 0.4) is 0 Å². The predicted molar refractivity (Wildman–Crippen MR) is 110 cm³/mol. The van der Waals surface area contributed by atoms with Gasteiger partial charge in [-0.3, -0.25) is 9.48 Å². The van der Waals surface area contributed by atoms with E-state index in [2.05, 4.69) is 18.9 Å². The molecule has 2 rings (SSSR count). The third kappa shape index (κ3) is 5.13. The van der Waals surface area contributed by atoms with Crippen molar-refractivity contribution in [2.75, 3.05) is 14.2 Å². The molecule has 1 aromatic carbocycles. The first-order valence-corrected chi connectivity index (χ1v) is 9.44. The minimum Gasteiger partial charge on any atom is -0.497 e. The first-order chi connectivity index (χ1) is 12.7. The van der Waals surface area contributed by atoms with E-state index in [-0.39, 0.29) is 11.9 Å². The van der Waals surface area contributed by atoms with Gasteiger partial charge in [-0.2, -0.15) is 5.10 Å². The number of carbonyl (C=O) groups excluding carboxylic acids is 1. The second-order valence-corrected chi connectivity index (χ2v) is 7.46. The molecule has 6 heteroatoms. The number of aryl methyl sites for hydroxylation is 1. The summed E-state index contributed by atoms with van der Waals surface area (Å²) in [4.78, 5) is 14.3. The van der Waals surface area contributed by atoms with Crippen LogP contribution in [0, 0.1) is 12.8 Å². The molecule has 0 saturated carbocycles. The molecule has 1 unspecified atom stereocenters. The Balaban J connectivity index is 2.12. The van der Waals surface area contributed by atoms with Gasteiger partial charge in [0.1, 0.15) is 10.9 Å². The maximum atomic E-state index is 12.6. The van der Waals surface area contributed by atoms with Gasteiger partial charge >= 0.3 is 0 Å². The lowest BCUT2D eigenvalue weighted by Gasteiger charge is -2.24. The Labute approximate surface area is 166 Å². The average Bonchev–Trinajstić information content (AvgIpc) is 2.91. The summed E-state index contributed by atoms with van der Waals surface area (Å²) in [5.41, 5.74) is 2.64. The van der Waals surface area contributed by atoms with Gasteiger partial charge in [0.05, 0.1) is 18.8 Å². The average molecular weight is 390 g/mol. The molecule has 5 nitrogen and oxygen atoms in total. The van der Waals surface area contributed by atoms with Crippen LogP contribution < -0.4 is 4.74 Å². The summed E-state index contributed by atoms with van der Waals surface area (Å²) in [7, 11) is 3.42. The summed E-state index contributed by atoms with van der Waals surface area (Å²) >= 11 is 6.44. The molecule has 0 radical (unpaired) electrons. The van der Waals surface area contributed by atoms with Gasteiger partial charge in [0.2, 0.25) is 5.91 Å². The SMILES string of the molecule is COc1ccc(C(C)N(C)C(=O)/C=C/c2c(C)nn(CC(C)C)c2Cl)cc1. The number of aromatic nitrogens is 2. The highest BCUT2D eigenvalue weighted by atomic mass is 35.5. The van der Waals surface area contributed by atoms with Gasteiger partial charge < -0.3 is 9.64 Å². The lowest BCUT2D eigenvalue weighted by Crippen LogP contribution is -2.27. The molecule has 1 amide bonds. The summed E-state index contributed by atoms with van der Waals surface area (Å²) in [6.45, 7) is 8.86. The zero-order valence-electron chi connectivity index (χ0n) is 16.9. The van der Waals surface area contributed by atoms with Gasteiger partial charge in [0, 0.05) is 25.2 Å². The van der Waals surface area contributed by atoms with Crippen LogP contribution in [0.25, 0.3) is 6.08 Å². The maximum Gasteiger partial charge on any atom is 0.246 e. The van der Waals surface area contributed by atoms with Crippen molar-refractivity contribution in [3.8, 4) is 5.75 Å². The fraction of sp³-hybridized carbons (Fsp3) is 0.429. The van der Waals surface area contributed by atoms with E-state index in [1.54, 1.807) is 35.9 Å². The zero-order chi connectivity index (χ0) is 20.1. The molecule has 27 heavy (non-hydrogen) atoms. The number of hydrogen-bond acceptors (Lipinski definition) is 3. The molecule has 0 aliphatic carbocycles. The number of hydrogen-bond donors (Lipinski definition) is 0. The Hall–Kier alpha value is -2.27. The summed E-state index contributed by atoms with van der Waals surface area (Å²) in [5.74, 6) is 1.14. The van der Waals surface area contributed by atoms with E-state index in [1.165, 1.54) is 0 Å². The lowest BCUT2D eigenvalue weighted by molar-refractivity contribution is -0.126. The van der Waals surface area contributed by atoms with Crippen molar-refractivity contribution in [3.63, 3.8) is 0 Å². The van der Waals surface area contributed by atoms with E-state index < -0.39 is 0 Å². The second-order valence-electron chi connectivity index (χ2n) is 7.10. The molecular weight excluding hydrogens is 362 g/mol. The molecule has 1 atom stereocenters. The molecule has 0 aliphatic rings. The topological polar surface area (TPSA) is 47.4 Å². The monoisotopic (exact) mass is 389 g/mol. The molecule has 1 aromatic heterocycles. The molecule has 0 N–H and O–H groups in total. The van der Waals surface area contributed by atoms with Gasteiger partial charge in [-0.1, -0.05) is 37.6 Å². The zero-order valence-corrected chi connectivity index (χ0v) is 17.6. The number of benzene rings is 1. The number of amides is 1. The third-order valence-corrected chi connectivity index (χ3v) is 4.97. The van der Waals surface area contributed by atoms with E-state index >= 15 is 0 Å². The van der Waals surface area contributed by atoms with Crippen LogP contribution in [0.2, 0.25) is 5.15 Å². The molecule has 2 aromatic rings. The minimum absolute atomic E-state index is 0.0618. The number of ether oxygens (including phenoxy) is 1. The van der Waals surface area contributed by atoms with Crippen molar-refractivity contribution in [3.05, 3.63) is 52.3 Å². The van der Waals surface area contributed by atoms with Crippen LogP contribution in [0.5, 0.6) is 5.75 Å². The number of carbonyl (C=O) groups is 1. The van der Waals surface area contributed by atoms with Crippen molar-refractivity contribution in [2.45, 2.75) is 40.3 Å². The number of rotatable bonds is 7. The molecule has 146 valence electrons. The molecule has 0 bridgehead atoms. The fourth-order valence-corrected chi connectivity index (χ4v) is 3.10. The predicted octanol–water partition coefficient (Wildman–Crippen LogP) is 4.74. The van der Waals surface area contributed by atoms with E-state index in [0.717, 1.165) is 29.1 Å². The van der Waals surface area contributed by atoms with E-state index in [4.69, 9.17) is 16.3 Å². The van der Waals surface area contributed by atoms with Crippen molar-refractivity contribution in [1.29, 1.82) is 0 Å². The Morgan fingerprint density at radius 2 is 1.93 bits per heavy atom. The number of methoxy groups -OCH3 is 1. The van der Waals surface area contributed by atoms with Gasteiger partial charge in [-0.25, -0.2) is 0 Å². The van der Waals surface area contributed by atoms with Crippen LogP contribution in [0.4, 0.5) is 0 Å². The standard InChI is InChI=1S/C21H28ClN3O2/c1-14(2)13-25-21(22)19(15(3)23-25)11-12-20(26)24(5)16(4)17-7-9-18(27-6)10-8-17/h7-12,14,16H,13H2,1-6H3/b12-11+. The maximum absolute atomic E-state index is 12.6. The number of likely N-dealkylation sites (N-methyl/N-ethyl adjacent to an activating group) is 1. The highest BCUT2D eigenvalue weighted by Gasteiger charge is 2.17. The Morgan fingerprint density at radius 1 is 1.30 bits per heavy atom. The Bertz CT molecular complexity index is 810. The molecule has 1 heterocycles. The summed E-state index contributed by atoms with van der Waals surface area (Å²) < 4.78 is 6.97. The van der Waals surface area contributed by atoms with Gasteiger partial charge in [-0.05, 0) is 43.5 Å². The Morgan fingerprint density at radius 3 is 2.48 bits per heavy atom. The molecule has 0 spiro atoms. The van der Waals surface area contributed by atoms with Gasteiger partial charge in [0.15, 0.2) is 0 Å². The number of halogens is 1. The summed E-state index contributed by atoms with van der Waals surface area (Å²) in [6.07, 6.45) is 3.30. The largest absolute Gasteiger partial charge is 0.497 e. The highest BCUT2D eigenvalue weighted by molar-refractivity contribution is 6.31. The fourth-order valence-electron chi connectivity index (χ4n) is 2.79. The summed E-state index contributed by atoms with van der Waals surface area (Å²) in [6, 6.07) is 7.66.